The van der Waals surface area contributed by atoms with Crippen LogP contribution < -0.4 is 5.43 Å². The Morgan fingerprint density at radius 1 is 1.10 bits per heavy atom. The van der Waals surface area contributed by atoms with Crippen LogP contribution >= 0.6 is 11.6 Å². The fraction of sp³-hybridized carbons (Fsp3) is 0.136. The molecule has 1 heterocycles. The molecule has 1 amide bonds. The number of aryl methyl sites for hydroxylation is 1. The molecule has 0 unspecified atom stereocenters. The van der Waals surface area contributed by atoms with Crippen LogP contribution in [0.3, 0.4) is 0 Å². The first-order valence-electron chi connectivity index (χ1n) is 8.88. The first-order chi connectivity index (χ1) is 13.9. The summed E-state index contributed by atoms with van der Waals surface area (Å²) in [7, 11) is 1.35. The Morgan fingerprint density at radius 2 is 1.86 bits per heavy atom. The van der Waals surface area contributed by atoms with E-state index in [9.17, 15) is 9.59 Å². The summed E-state index contributed by atoms with van der Waals surface area (Å²) in [5, 5.41) is 4.42. The summed E-state index contributed by atoms with van der Waals surface area (Å²) in [4.78, 5) is 24.0. The SMILES string of the molecule is COC(=O)c1cccc(-n2c(C)cc(/C=N\NC(=O)c3ccccc3Cl)c2C)c1. The van der Waals surface area contributed by atoms with E-state index in [1.807, 2.05) is 30.5 Å². The number of esters is 1. The highest BCUT2D eigenvalue weighted by Gasteiger charge is 2.13. The third-order valence-corrected chi connectivity index (χ3v) is 4.81. The van der Waals surface area contributed by atoms with Gasteiger partial charge in [0.1, 0.15) is 0 Å². The standard InChI is InChI=1S/C22H20ClN3O3/c1-14-11-17(13-24-25-21(27)19-9-4-5-10-20(19)23)15(2)26(14)18-8-6-7-16(12-18)22(28)29-3/h4-13H,1-3H3,(H,25,27)/b24-13-. The van der Waals surface area contributed by atoms with Gasteiger partial charge in [0.05, 0.1) is 29.5 Å². The zero-order valence-electron chi connectivity index (χ0n) is 16.3. The smallest absolute Gasteiger partial charge is 0.337 e. The van der Waals surface area contributed by atoms with Gasteiger partial charge in [-0.2, -0.15) is 5.10 Å². The summed E-state index contributed by atoms with van der Waals surface area (Å²) in [6.07, 6.45) is 1.58. The molecule has 1 N–H and O–H groups in total. The summed E-state index contributed by atoms with van der Waals surface area (Å²) in [5.41, 5.74) is 6.87. The van der Waals surface area contributed by atoms with Crippen LogP contribution in [-0.4, -0.2) is 29.8 Å². The molecule has 3 aromatic rings. The molecule has 2 aromatic carbocycles. The van der Waals surface area contributed by atoms with E-state index >= 15 is 0 Å². The van der Waals surface area contributed by atoms with Gasteiger partial charge in [-0.25, -0.2) is 10.2 Å². The fourth-order valence-corrected chi connectivity index (χ4v) is 3.29. The molecule has 6 nitrogen and oxygen atoms in total. The van der Waals surface area contributed by atoms with E-state index < -0.39 is 5.97 Å². The molecule has 0 atom stereocenters. The molecule has 7 heteroatoms. The molecule has 0 spiro atoms. The number of nitrogens with zero attached hydrogens (tertiary/aromatic N) is 2. The molecule has 29 heavy (non-hydrogen) atoms. The van der Waals surface area contributed by atoms with Gasteiger partial charge in [0.25, 0.3) is 5.91 Å². The average Bonchev–Trinajstić information content (AvgIpc) is 3.00. The minimum Gasteiger partial charge on any atom is -0.465 e. The van der Waals surface area contributed by atoms with Crippen molar-refractivity contribution in [1.82, 2.24) is 9.99 Å². The Bertz CT molecular complexity index is 1100. The zero-order chi connectivity index (χ0) is 21.0. The van der Waals surface area contributed by atoms with Crippen LogP contribution in [0, 0.1) is 13.8 Å². The van der Waals surface area contributed by atoms with Gasteiger partial charge in [-0.05, 0) is 50.2 Å². The second-order valence-electron chi connectivity index (χ2n) is 6.38. The van der Waals surface area contributed by atoms with Crippen molar-refractivity contribution >= 4 is 29.7 Å². The Balaban J connectivity index is 1.83. The van der Waals surface area contributed by atoms with E-state index in [-0.39, 0.29) is 5.91 Å². The molecule has 0 aliphatic carbocycles. The van der Waals surface area contributed by atoms with Gasteiger partial charge in [0.15, 0.2) is 0 Å². The molecule has 0 bridgehead atoms. The van der Waals surface area contributed by atoms with Crippen LogP contribution in [0.2, 0.25) is 5.02 Å². The molecule has 0 saturated carbocycles. The highest BCUT2D eigenvalue weighted by molar-refractivity contribution is 6.33. The Morgan fingerprint density at radius 3 is 2.59 bits per heavy atom. The van der Waals surface area contributed by atoms with Crippen LogP contribution in [0.1, 0.15) is 37.7 Å². The molecule has 0 aliphatic heterocycles. The number of hydrogen-bond donors (Lipinski definition) is 1. The maximum absolute atomic E-state index is 12.2. The average molecular weight is 410 g/mol. The maximum atomic E-state index is 12.2. The normalized spacial score (nSPS) is 10.9. The maximum Gasteiger partial charge on any atom is 0.337 e. The van der Waals surface area contributed by atoms with Crippen molar-refractivity contribution in [3.63, 3.8) is 0 Å². The van der Waals surface area contributed by atoms with Crippen molar-refractivity contribution in [1.29, 1.82) is 0 Å². The van der Waals surface area contributed by atoms with E-state index in [0.717, 1.165) is 22.6 Å². The van der Waals surface area contributed by atoms with E-state index in [1.54, 1.807) is 48.7 Å². The van der Waals surface area contributed by atoms with Gasteiger partial charge in [0.2, 0.25) is 0 Å². The minimum atomic E-state index is -0.390. The lowest BCUT2D eigenvalue weighted by Gasteiger charge is -2.11. The predicted molar refractivity (Wildman–Crippen MR) is 113 cm³/mol. The van der Waals surface area contributed by atoms with E-state index in [1.165, 1.54) is 7.11 Å². The number of amides is 1. The largest absolute Gasteiger partial charge is 0.465 e. The Labute approximate surface area is 173 Å². The van der Waals surface area contributed by atoms with E-state index in [4.69, 9.17) is 16.3 Å². The molecule has 0 aliphatic rings. The number of aromatic nitrogens is 1. The summed E-state index contributed by atoms with van der Waals surface area (Å²) in [6, 6.07) is 15.9. The van der Waals surface area contributed by atoms with Gasteiger partial charge < -0.3 is 9.30 Å². The van der Waals surface area contributed by atoms with Crippen LogP contribution in [0.5, 0.6) is 0 Å². The second kappa shape index (κ2) is 8.75. The molecule has 1 aromatic heterocycles. The van der Waals surface area contributed by atoms with E-state index in [0.29, 0.717) is 16.1 Å². The monoisotopic (exact) mass is 409 g/mol. The van der Waals surface area contributed by atoms with Crippen LogP contribution in [0.15, 0.2) is 59.7 Å². The van der Waals surface area contributed by atoms with Gasteiger partial charge in [-0.3, -0.25) is 4.79 Å². The van der Waals surface area contributed by atoms with E-state index in [2.05, 4.69) is 10.5 Å². The molecule has 0 fully saturated rings. The fourth-order valence-electron chi connectivity index (χ4n) is 3.07. The number of hydrazone groups is 1. The number of nitrogens with one attached hydrogen (secondary N) is 1. The summed E-state index contributed by atoms with van der Waals surface area (Å²) >= 11 is 6.03. The number of halogens is 1. The van der Waals surface area contributed by atoms with Gasteiger partial charge in [0, 0.05) is 22.6 Å². The minimum absolute atomic E-state index is 0.358. The van der Waals surface area contributed by atoms with Gasteiger partial charge in [-0.15, -0.1) is 0 Å². The molecular formula is C22H20ClN3O3. The lowest BCUT2D eigenvalue weighted by molar-refractivity contribution is 0.0600. The quantitative estimate of drug-likeness (QED) is 0.388. The lowest BCUT2D eigenvalue weighted by atomic mass is 10.2. The van der Waals surface area contributed by atoms with Crippen molar-refractivity contribution in [2.45, 2.75) is 13.8 Å². The predicted octanol–water partition coefficient (Wildman–Crippen LogP) is 4.30. The van der Waals surface area contributed by atoms with Crippen LogP contribution in [0.4, 0.5) is 0 Å². The third-order valence-electron chi connectivity index (χ3n) is 4.48. The Hall–Kier alpha value is -3.38. The van der Waals surface area contributed by atoms with Crippen molar-refractivity contribution in [3.05, 3.63) is 87.7 Å². The number of ether oxygens (including phenoxy) is 1. The van der Waals surface area contributed by atoms with Gasteiger partial charge in [-0.1, -0.05) is 29.8 Å². The van der Waals surface area contributed by atoms with Crippen molar-refractivity contribution in [2.24, 2.45) is 5.10 Å². The molecule has 0 radical (unpaired) electrons. The molecule has 0 saturated heterocycles. The Kier molecular flexibility index (Phi) is 6.14. The molecular weight excluding hydrogens is 390 g/mol. The van der Waals surface area contributed by atoms with Crippen LogP contribution in [0.25, 0.3) is 5.69 Å². The highest BCUT2D eigenvalue weighted by atomic mass is 35.5. The van der Waals surface area contributed by atoms with Crippen molar-refractivity contribution < 1.29 is 14.3 Å². The summed E-state index contributed by atoms with van der Waals surface area (Å²) < 4.78 is 6.80. The first kappa shape index (κ1) is 20.4. The highest BCUT2D eigenvalue weighted by Crippen LogP contribution is 2.21. The second-order valence-corrected chi connectivity index (χ2v) is 6.79. The number of benzene rings is 2. The number of carbonyl (C=O) groups is 2. The number of hydrogen-bond acceptors (Lipinski definition) is 4. The molecule has 148 valence electrons. The number of carbonyl (C=O) groups excluding carboxylic acids is 2. The van der Waals surface area contributed by atoms with Crippen molar-refractivity contribution in [2.75, 3.05) is 7.11 Å². The van der Waals surface area contributed by atoms with Crippen molar-refractivity contribution in [3.8, 4) is 5.69 Å². The third kappa shape index (κ3) is 4.38. The lowest BCUT2D eigenvalue weighted by Crippen LogP contribution is -2.18. The molecule has 3 rings (SSSR count). The van der Waals surface area contributed by atoms with Crippen LogP contribution in [-0.2, 0) is 4.74 Å². The first-order valence-corrected chi connectivity index (χ1v) is 9.25. The zero-order valence-corrected chi connectivity index (χ0v) is 17.0. The number of methoxy groups -OCH3 is 1. The van der Waals surface area contributed by atoms with Gasteiger partial charge >= 0.3 is 5.97 Å². The summed E-state index contributed by atoms with van der Waals surface area (Å²) in [5.74, 6) is -0.773. The topological polar surface area (TPSA) is 72.7 Å². The number of rotatable bonds is 5. The summed E-state index contributed by atoms with van der Waals surface area (Å²) in [6.45, 7) is 3.90.